The van der Waals surface area contributed by atoms with E-state index in [1.807, 2.05) is 0 Å². The van der Waals surface area contributed by atoms with E-state index in [9.17, 15) is 14.0 Å². The first-order valence-electron chi connectivity index (χ1n) is 9.62. The molecule has 4 heterocycles. The van der Waals surface area contributed by atoms with Gasteiger partial charge in [-0.25, -0.2) is 14.3 Å². The van der Waals surface area contributed by atoms with Crippen molar-refractivity contribution in [3.05, 3.63) is 86.8 Å². The number of nitrogens with one attached hydrogen (secondary N) is 2. The van der Waals surface area contributed by atoms with Crippen molar-refractivity contribution in [3.8, 4) is 22.4 Å². The molecule has 0 radical (unpaired) electrons. The summed E-state index contributed by atoms with van der Waals surface area (Å²) in [7, 11) is 0. The third kappa shape index (κ3) is 3.25. The predicted octanol–water partition coefficient (Wildman–Crippen LogP) is 1.40. The molecule has 10 nitrogen and oxygen atoms in total. The van der Waals surface area contributed by atoms with E-state index in [-0.39, 0.29) is 18.1 Å². The van der Waals surface area contributed by atoms with Gasteiger partial charge in [-0.3, -0.25) is 4.79 Å². The third-order valence-corrected chi connectivity index (χ3v) is 5.00. The quantitative estimate of drug-likeness (QED) is 0.365. The third-order valence-electron chi connectivity index (χ3n) is 5.00. The number of hydrogen-bond acceptors (Lipinski definition) is 6. The monoisotopic (exact) mass is 434 g/mol. The molecule has 5 rings (SSSR count). The molecule has 160 valence electrons. The maximum atomic E-state index is 13.5. The van der Waals surface area contributed by atoms with Crippen LogP contribution in [0.5, 0.6) is 0 Å². The van der Waals surface area contributed by atoms with Crippen molar-refractivity contribution in [3.63, 3.8) is 0 Å². The molecular formula is C21H17FN7O3+. The number of hydrogen-bond donors (Lipinski definition) is 3. The second kappa shape index (κ2) is 7.30. The van der Waals surface area contributed by atoms with Crippen molar-refractivity contribution in [2.24, 2.45) is 0 Å². The highest BCUT2D eigenvalue weighted by molar-refractivity contribution is 5.88. The van der Waals surface area contributed by atoms with Crippen LogP contribution in [-0.2, 0) is 6.54 Å². The highest BCUT2D eigenvalue weighted by Gasteiger charge is 2.26. The highest BCUT2D eigenvalue weighted by atomic mass is 19.1. The van der Waals surface area contributed by atoms with E-state index in [2.05, 4.69) is 20.2 Å². The maximum Gasteiger partial charge on any atom is 0.428 e. The standard InChI is InChI=1S/C21H16FN7O3/c1-11-8-15(27-32-11)10-28-21(31)29-19(26-28)17(13-4-7-16(30)24-9-13)18(25-20(29)23)12-2-5-14(22)6-3-12/h2-9H,10H2,1H3,(H3,23,24,25,26,30)/p+1. The van der Waals surface area contributed by atoms with Crippen LogP contribution < -0.4 is 21.4 Å². The minimum Gasteiger partial charge on any atom is -0.361 e. The minimum absolute atomic E-state index is 0.0520. The molecule has 0 atom stereocenters. The zero-order valence-electron chi connectivity index (χ0n) is 16.8. The van der Waals surface area contributed by atoms with E-state index < -0.39 is 11.5 Å². The molecule has 11 heteroatoms. The summed E-state index contributed by atoms with van der Waals surface area (Å²) in [6.45, 7) is 1.87. The number of nitrogens with two attached hydrogens (primary N) is 1. The second-order valence-corrected chi connectivity index (χ2v) is 7.24. The number of aryl methyl sites for hydroxylation is 1. The molecule has 0 bridgehead atoms. The molecule has 5 aromatic rings. The van der Waals surface area contributed by atoms with Crippen LogP contribution in [-0.4, -0.2) is 24.9 Å². The van der Waals surface area contributed by atoms with Crippen LogP contribution in [0.15, 0.2) is 62.8 Å². The number of halogens is 1. The van der Waals surface area contributed by atoms with Gasteiger partial charge >= 0.3 is 11.6 Å². The van der Waals surface area contributed by atoms with E-state index in [0.29, 0.717) is 39.5 Å². The number of nitrogens with zero attached hydrogens (tertiary/aromatic N) is 4. The van der Waals surface area contributed by atoms with Gasteiger partial charge in [-0.1, -0.05) is 5.16 Å². The minimum atomic E-state index is -0.456. The van der Waals surface area contributed by atoms with Crippen LogP contribution in [0.4, 0.5) is 10.3 Å². The van der Waals surface area contributed by atoms with Gasteiger partial charge in [0.2, 0.25) is 11.2 Å². The summed E-state index contributed by atoms with van der Waals surface area (Å²) in [6.07, 6.45) is 1.51. The van der Waals surface area contributed by atoms with Crippen LogP contribution in [0.2, 0.25) is 0 Å². The molecule has 4 N–H and O–H groups in total. The molecule has 1 aromatic carbocycles. The van der Waals surface area contributed by atoms with Gasteiger partial charge in [-0.2, -0.15) is 4.68 Å². The molecule has 0 aliphatic carbocycles. The second-order valence-electron chi connectivity index (χ2n) is 7.24. The Labute approximate surface area is 178 Å². The number of benzene rings is 1. The first-order valence-corrected chi connectivity index (χ1v) is 9.62. The molecule has 0 amide bonds. The lowest BCUT2D eigenvalue weighted by atomic mass is 10.0. The van der Waals surface area contributed by atoms with Gasteiger partial charge in [-0.05, 0) is 37.3 Å². The van der Waals surface area contributed by atoms with Gasteiger partial charge in [0.1, 0.15) is 29.5 Å². The van der Waals surface area contributed by atoms with E-state index in [0.717, 1.165) is 0 Å². The van der Waals surface area contributed by atoms with E-state index in [1.165, 1.54) is 33.5 Å². The molecule has 0 saturated heterocycles. The Hall–Kier alpha value is -4.54. The summed E-state index contributed by atoms with van der Waals surface area (Å²) in [5, 5.41) is 6.99. The zero-order chi connectivity index (χ0) is 22.4. The fraction of sp³-hybridized carbons (Fsp3) is 0.0952. The lowest BCUT2D eigenvalue weighted by Crippen LogP contribution is -2.44. The molecule has 32 heavy (non-hydrogen) atoms. The lowest BCUT2D eigenvalue weighted by molar-refractivity contribution is -0.516. The Balaban J connectivity index is 1.81. The molecular weight excluding hydrogens is 417 g/mol. The van der Waals surface area contributed by atoms with Gasteiger partial charge in [0.25, 0.3) is 0 Å². The normalized spacial score (nSPS) is 11.3. The van der Waals surface area contributed by atoms with Gasteiger partial charge in [0.15, 0.2) is 0 Å². The van der Waals surface area contributed by atoms with E-state index >= 15 is 0 Å². The Morgan fingerprint density at radius 1 is 1.16 bits per heavy atom. The number of pyridine rings is 1. The summed E-state index contributed by atoms with van der Waals surface area (Å²) < 4.78 is 21.2. The van der Waals surface area contributed by atoms with Gasteiger partial charge in [-0.15, -0.1) is 9.38 Å². The van der Waals surface area contributed by atoms with Crippen LogP contribution in [0.1, 0.15) is 11.5 Å². The van der Waals surface area contributed by atoms with Crippen LogP contribution >= 0.6 is 0 Å². The molecule has 0 spiro atoms. The SMILES string of the molecule is Cc1cc(Cn2[nH]c3c(-c4ccc(=O)[nH]c4)c(-c4ccc(F)cc4)nc(N)[n+]3c2=O)no1. The summed E-state index contributed by atoms with van der Waals surface area (Å²) in [5.41, 5.74) is 8.42. The average Bonchev–Trinajstić information content (AvgIpc) is 3.33. The van der Waals surface area contributed by atoms with Crippen LogP contribution in [0.3, 0.4) is 0 Å². The summed E-state index contributed by atoms with van der Waals surface area (Å²) in [5.74, 6) is 0.166. The van der Waals surface area contributed by atoms with Crippen molar-refractivity contribution in [1.29, 1.82) is 0 Å². The largest absolute Gasteiger partial charge is 0.428 e. The van der Waals surface area contributed by atoms with Gasteiger partial charge in [0, 0.05) is 29.5 Å². The number of rotatable bonds is 4. The van der Waals surface area contributed by atoms with Gasteiger partial charge in [0.05, 0.1) is 5.56 Å². The predicted molar refractivity (Wildman–Crippen MR) is 112 cm³/mol. The molecule has 0 unspecified atom stereocenters. The molecule has 0 fully saturated rings. The summed E-state index contributed by atoms with van der Waals surface area (Å²) in [6, 6.07) is 10.4. The van der Waals surface area contributed by atoms with Crippen LogP contribution in [0, 0.1) is 12.7 Å². The van der Waals surface area contributed by atoms with Crippen LogP contribution in [0.25, 0.3) is 28.0 Å². The molecule has 0 saturated carbocycles. The first-order chi connectivity index (χ1) is 15.4. The number of fused-ring (bicyclic) bond motifs is 1. The Morgan fingerprint density at radius 3 is 2.56 bits per heavy atom. The zero-order valence-corrected chi connectivity index (χ0v) is 16.8. The Kier molecular flexibility index (Phi) is 4.43. The van der Waals surface area contributed by atoms with E-state index in [4.69, 9.17) is 10.3 Å². The van der Waals surface area contributed by atoms with Crippen molar-refractivity contribution in [2.75, 3.05) is 5.73 Å². The Morgan fingerprint density at radius 2 is 1.91 bits per heavy atom. The smallest absolute Gasteiger partial charge is 0.361 e. The van der Waals surface area contributed by atoms with Crippen molar-refractivity contribution in [2.45, 2.75) is 13.5 Å². The molecule has 4 aromatic heterocycles. The molecule has 0 aliphatic heterocycles. The van der Waals surface area contributed by atoms with Crippen molar-refractivity contribution in [1.82, 2.24) is 24.9 Å². The Bertz CT molecular complexity index is 1560. The number of aromatic amines is 2. The fourth-order valence-electron chi connectivity index (χ4n) is 3.57. The van der Waals surface area contributed by atoms with Crippen molar-refractivity contribution < 1.29 is 13.3 Å². The highest BCUT2D eigenvalue weighted by Crippen LogP contribution is 2.32. The summed E-state index contributed by atoms with van der Waals surface area (Å²) >= 11 is 0. The summed E-state index contributed by atoms with van der Waals surface area (Å²) in [4.78, 5) is 31.8. The number of aromatic nitrogens is 6. The first kappa shape index (κ1) is 19.4. The number of anilines is 1. The number of H-pyrrole nitrogens is 2. The topological polar surface area (TPSA) is 140 Å². The fourth-order valence-corrected chi connectivity index (χ4v) is 3.57. The average molecular weight is 434 g/mol. The molecule has 0 aliphatic rings. The van der Waals surface area contributed by atoms with Crippen molar-refractivity contribution >= 4 is 11.6 Å². The van der Waals surface area contributed by atoms with E-state index in [1.54, 1.807) is 31.2 Å². The lowest BCUT2D eigenvalue weighted by Gasteiger charge is -2.08. The maximum absolute atomic E-state index is 13.5. The number of nitrogen functional groups attached to an aromatic ring is 1. The van der Waals surface area contributed by atoms with Gasteiger partial charge < -0.3 is 15.2 Å².